The highest BCUT2D eigenvalue weighted by Gasteiger charge is 2.29. The first-order valence-corrected chi connectivity index (χ1v) is 8.86. The fraction of sp³-hybridized carbons (Fsp3) is 0.421. The molecule has 0 radical (unpaired) electrons. The number of aryl methyl sites for hydroxylation is 1. The Morgan fingerprint density at radius 2 is 2.08 bits per heavy atom. The van der Waals surface area contributed by atoms with E-state index in [1.165, 1.54) is 0 Å². The predicted octanol–water partition coefficient (Wildman–Crippen LogP) is 2.65. The predicted molar refractivity (Wildman–Crippen MR) is 98.1 cm³/mol. The van der Waals surface area contributed by atoms with E-state index in [2.05, 4.69) is 20.2 Å². The van der Waals surface area contributed by atoms with Gasteiger partial charge in [-0.15, -0.1) is 0 Å². The molecule has 1 saturated heterocycles. The van der Waals surface area contributed by atoms with Crippen LogP contribution in [0.1, 0.15) is 28.9 Å². The lowest BCUT2D eigenvalue weighted by Gasteiger charge is -2.32. The summed E-state index contributed by atoms with van der Waals surface area (Å²) in [6.07, 6.45) is 1.81. The van der Waals surface area contributed by atoms with E-state index in [0.717, 1.165) is 30.9 Å². The van der Waals surface area contributed by atoms with Crippen LogP contribution in [0.4, 0.5) is 11.8 Å². The van der Waals surface area contributed by atoms with Crippen LogP contribution in [0, 0.1) is 12.8 Å². The summed E-state index contributed by atoms with van der Waals surface area (Å²) in [5, 5.41) is 3.06. The number of ketones is 1. The summed E-state index contributed by atoms with van der Waals surface area (Å²) in [6, 6.07) is 7.31. The first-order chi connectivity index (χ1) is 12.6. The average Bonchev–Trinajstić information content (AvgIpc) is 3.14. The van der Waals surface area contributed by atoms with Crippen LogP contribution >= 0.6 is 0 Å². The minimum atomic E-state index is -0.0775. The highest BCUT2D eigenvalue weighted by molar-refractivity contribution is 5.99. The maximum Gasteiger partial charge on any atom is 0.231 e. The number of nitrogens with zero attached hydrogens (tertiary/aromatic N) is 3. The second-order valence-electron chi connectivity index (χ2n) is 6.66. The molecular weight excluding hydrogens is 332 g/mol. The van der Waals surface area contributed by atoms with E-state index in [1.54, 1.807) is 12.1 Å². The maximum absolute atomic E-state index is 13.0. The van der Waals surface area contributed by atoms with Crippen molar-refractivity contribution in [1.82, 2.24) is 9.97 Å². The summed E-state index contributed by atoms with van der Waals surface area (Å²) in [5.41, 5.74) is 1.57. The van der Waals surface area contributed by atoms with Crippen molar-refractivity contribution in [1.29, 1.82) is 0 Å². The number of fused-ring (bicyclic) bond motifs is 1. The molecular formula is C19H22N4O3. The van der Waals surface area contributed by atoms with Crippen LogP contribution in [0.3, 0.4) is 0 Å². The molecule has 0 spiro atoms. The topological polar surface area (TPSA) is 76.6 Å². The van der Waals surface area contributed by atoms with Crippen LogP contribution in [-0.4, -0.2) is 42.7 Å². The molecule has 1 aromatic heterocycles. The summed E-state index contributed by atoms with van der Waals surface area (Å²) in [6.45, 7) is 3.64. The molecule has 0 amide bonds. The molecule has 7 nitrogen and oxygen atoms in total. The molecule has 4 rings (SSSR count). The van der Waals surface area contributed by atoms with Gasteiger partial charge in [0.1, 0.15) is 5.82 Å². The number of anilines is 2. The van der Waals surface area contributed by atoms with Gasteiger partial charge in [0.2, 0.25) is 12.7 Å². The third-order valence-corrected chi connectivity index (χ3v) is 4.83. The normalized spacial score (nSPS) is 18.7. The molecule has 136 valence electrons. The third kappa shape index (κ3) is 3.16. The first-order valence-electron chi connectivity index (χ1n) is 8.86. The number of carbonyl (C=O) groups is 1. The Hall–Kier alpha value is -2.83. The van der Waals surface area contributed by atoms with Crippen LogP contribution in [0.2, 0.25) is 0 Å². The fourth-order valence-electron chi connectivity index (χ4n) is 3.48. The number of carbonyl (C=O) groups excluding carboxylic acids is 1. The number of hydrogen-bond acceptors (Lipinski definition) is 7. The number of aromatic nitrogens is 2. The Morgan fingerprint density at radius 1 is 1.23 bits per heavy atom. The molecule has 1 fully saturated rings. The van der Waals surface area contributed by atoms with Gasteiger partial charge in [0.05, 0.1) is 0 Å². The summed E-state index contributed by atoms with van der Waals surface area (Å²) >= 11 is 0. The molecule has 0 unspecified atom stereocenters. The summed E-state index contributed by atoms with van der Waals surface area (Å²) < 4.78 is 10.7. The van der Waals surface area contributed by atoms with Crippen molar-refractivity contribution in [3.63, 3.8) is 0 Å². The van der Waals surface area contributed by atoms with Crippen molar-refractivity contribution in [2.24, 2.45) is 5.92 Å². The Labute approximate surface area is 152 Å². The molecule has 0 aliphatic carbocycles. The summed E-state index contributed by atoms with van der Waals surface area (Å²) in [4.78, 5) is 24.2. The van der Waals surface area contributed by atoms with Gasteiger partial charge in [0.25, 0.3) is 0 Å². The van der Waals surface area contributed by atoms with Crippen molar-refractivity contribution in [3.05, 3.63) is 35.5 Å². The second-order valence-corrected chi connectivity index (χ2v) is 6.66. The molecule has 0 saturated carbocycles. The number of piperidine rings is 1. The van der Waals surface area contributed by atoms with Gasteiger partial charge in [-0.1, -0.05) is 0 Å². The van der Waals surface area contributed by atoms with Gasteiger partial charge in [-0.05, 0) is 38.0 Å². The Morgan fingerprint density at radius 3 is 2.92 bits per heavy atom. The molecule has 1 aromatic carbocycles. The van der Waals surface area contributed by atoms with E-state index in [4.69, 9.17) is 9.47 Å². The zero-order valence-electron chi connectivity index (χ0n) is 15.0. The highest BCUT2D eigenvalue weighted by atomic mass is 16.7. The largest absolute Gasteiger partial charge is 0.454 e. The molecule has 0 bridgehead atoms. The lowest BCUT2D eigenvalue weighted by molar-refractivity contribution is 0.0906. The smallest absolute Gasteiger partial charge is 0.231 e. The van der Waals surface area contributed by atoms with E-state index in [-0.39, 0.29) is 18.5 Å². The quantitative estimate of drug-likeness (QED) is 0.846. The number of rotatable bonds is 4. The van der Waals surface area contributed by atoms with Crippen LogP contribution in [0.15, 0.2) is 24.3 Å². The Balaban J connectivity index is 1.53. The molecule has 26 heavy (non-hydrogen) atoms. The highest BCUT2D eigenvalue weighted by Crippen LogP contribution is 2.34. The molecule has 3 heterocycles. The molecule has 2 aromatic rings. The average molecular weight is 354 g/mol. The van der Waals surface area contributed by atoms with Gasteiger partial charge >= 0.3 is 0 Å². The standard InChI is InChI=1S/C19H22N4O3/c1-12-8-17(20-2)22-19(21-12)23-7-3-4-14(10-23)18(24)13-5-6-15-16(9-13)26-11-25-15/h5-6,8-9,14H,3-4,7,10-11H2,1-2H3,(H,20,21,22)/t14-/m0/s1. The van der Waals surface area contributed by atoms with Gasteiger partial charge in [0, 0.05) is 43.4 Å². The Bertz CT molecular complexity index is 840. The van der Waals surface area contributed by atoms with Gasteiger partial charge in [-0.3, -0.25) is 4.79 Å². The molecule has 2 aliphatic rings. The van der Waals surface area contributed by atoms with E-state index >= 15 is 0 Å². The van der Waals surface area contributed by atoms with Crippen LogP contribution in [0.25, 0.3) is 0 Å². The van der Waals surface area contributed by atoms with Gasteiger partial charge in [0.15, 0.2) is 17.3 Å². The molecule has 1 N–H and O–H groups in total. The maximum atomic E-state index is 13.0. The van der Waals surface area contributed by atoms with Gasteiger partial charge < -0.3 is 19.7 Å². The molecule has 1 atom stereocenters. The third-order valence-electron chi connectivity index (χ3n) is 4.83. The zero-order chi connectivity index (χ0) is 18.1. The zero-order valence-corrected chi connectivity index (χ0v) is 15.0. The second kappa shape index (κ2) is 6.82. The van der Waals surface area contributed by atoms with Crippen molar-refractivity contribution in [2.45, 2.75) is 19.8 Å². The molecule has 7 heteroatoms. The molecule has 2 aliphatic heterocycles. The van der Waals surface area contributed by atoms with E-state index in [0.29, 0.717) is 29.6 Å². The number of hydrogen-bond donors (Lipinski definition) is 1. The minimum absolute atomic E-state index is 0.0775. The number of benzene rings is 1. The summed E-state index contributed by atoms with van der Waals surface area (Å²) in [7, 11) is 1.84. The monoisotopic (exact) mass is 354 g/mol. The minimum Gasteiger partial charge on any atom is -0.454 e. The number of ether oxygens (including phenoxy) is 2. The lowest BCUT2D eigenvalue weighted by Crippen LogP contribution is -2.39. The number of nitrogens with one attached hydrogen (secondary N) is 1. The van der Waals surface area contributed by atoms with E-state index in [1.807, 2.05) is 26.1 Å². The van der Waals surface area contributed by atoms with Gasteiger partial charge in [-0.2, -0.15) is 4.98 Å². The van der Waals surface area contributed by atoms with Crippen LogP contribution in [0.5, 0.6) is 11.5 Å². The summed E-state index contributed by atoms with van der Waals surface area (Å²) in [5.74, 6) is 2.86. The Kier molecular flexibility index (Phi) is 4.36. The van der Waals surface area contributed by atoms with E-state index < -0.39 is 0 Å². The SMILES string of the molecule is CNc1cc(C)nc(N2CCC[C@H](C(=O)c3ccc4c(c3)OCO4)C2)n1. The van der Waals surface area contributed by atoms with Crippen LogP contribution < -0.4 is 19.7 Å². The van der Waals surface area contributed by atoms with E-state index in [9.17, 15) is 4.79 Å². The number of Topliss-reactive ketones (excluding diaryl/α,β-unsaturated/α-hetero) is 1. The van der Waals surface area contributed by atoms with Crippen LogP contribution in [-0.2, 0) is 0 Å². The van der Waals surface area contributed by atoms with Crippen molar-refractivity contribution in [3.8, 4) is 11.5 Å². The van der Waals surface area contributed by atoms with Crippen molar-refractivity contribution in [2.75, 3.05) is 37.1 Å². The lowest BCUT2D eigenvalue weighted by atomic mass is 9.90. The van der Waals surface area contributed by atoms with Crippen molar-refractivity contribution < 1.29 is 14.3 Å². The van der Waals surface area contributed by atoms with Gasteiger partial charge in [-0.25, -0.2) is 4.98 Å². The first kappa shape index (κ1) is 16.6. The van der Waals surface area contributed by atoms with Crippen molar-refractivity contribution >= 4 is 17.5 Å². The fourth-order valence-corrected chi connectivity index (χ4v) is 3.48.